The molecule has 0 aliphatic carbocycles. The van der Waals surface area contributed by atoms with Crippen molar-refractivity contribution in [2.45, 2.75) is 12.5 Å². The summed E-state index contributed by atoms with van der Waals surface area (Å²) in [6.45, 7) is 0. The number of benzene rings is 3. The van der Waals surface area contributed by atoms with Gasteiger partial charge in [0.15, 0.2) is 0 Å². The maximum atomic E-state index is 13.2. The molecule has 3 aromatic carbocycles. The van der Waals surface area contributed by atoms with Crippen molar-refractivity contribution < 1.29 is 23.9 Å². The molecule has 3 rings (SSSR count). The van der Waals surface area contributed by atoms with E-state index in [0.29, 0.717) is 5.56 Å². The number of carbonyl (C=O) groups is 3. The molecule has 1 N–H and O–H groups in total. The number of fused-ring (bicyclic) bond motifs is 2. The van der Waals surface area contributed by atoms with E-state index in [1.807, 2.05) is 54.6 Å². The Kier molecular flexibility index (Phi) is 6.24. The molecule has 1 atom stereocenters. The zero-order valence-corrected chi connectivity index (χ0v) is 16.2. The summed E-state index contributed by atoms with van der Waals surface area (Å²) in [6, 6.07) is 16.3. The van der Waals surface area contributed by atoms with Gasteiger partial charge in [0.2, 0.25) is 0 Å². The smallest absolute Gasteiger partial charge is 0.330 e. The highest BCUT2D eigenvalue weighted by molar-refractivity contribution is 6.18. The molecule has 0 aliphatic heterocycles. The molecule has 3 aromatic rings. The molecule has 0 radical (unpaired) electrons. The number of amides is 1. The SMILES string of the molecule is COC(=O)/C=C/C[C@H](NC(=O)c1c2ccccc2cc2ccccc12)C(=O)OC. The summed E-state index contributed by atoms with van der Waals surface area (Å²) in [5, 5.41) is 6.18. The number of methoxy groups -OCH3 is 2. The van der Waals surface area contributed by atoms with Gasteiger partial charge >= 0.3 is 11.9 Å². The van der Waals surface area contributed by atoms with E-state index in [1.165, 1.54) is 26.4 Å². The summed E-state index contributed by atoms with van der Waals surface area (Å²) >= 11 is 0. The van der Waals surface area contributed by atoms with Gasteiger partial charge in [0.25, 0.3) is 5.91 Å². The van der Waals surface area contributed by atoms with Crippen molar-refractivity contribution in [2.75, 3.05) is 14.2 Å². The average molecular weight is 391 g/mol. The van der Waals surface area contributed by atoms with Crippen LogP contribution in [0.4, 0.5) is 0 Å². The molecule has 0 aliphatic rings. The molecular weight excluding hydrogens is 370 g/mol. The molecule has 0 bridgehead atoms. The predicted molar refractivity (Wildman–Crippen MR) is 110 cm³/mol. The number of carbonyl (C=O) groups excluding carboxylic acids is 3. The van der Waals surface area contributed by atoms with Crippen LogP contribution in [-0.4, -0.2) is 38.1 Å². The van der Waals surface area contributed by atoms with Gasteiger partial charge in [-0.25, -0.2) is 9.59 Å². The van der Waals surface area contributed by atoms with E-state index < -0.39 is 18.0 Å². The lowest BCUT2D eigenvalue weighted by atomic mass is 9.96. The molecule has 148 valence electrons. The Morgan fingerprint density at radius 3 is 2.07 bits per heavy atom. The Bertz CT molecular complexity index is 1050. The quantitative estimate of drug-likeness (QED) is 0.396. The topological polar surface area (TPSA) is 81.7 Å². The lowest BCUT2D eigenvalue weighted by molar-refractivity contribution is -0.143. The molecule has 0 aromatic heterocycles. The first-order chi connectivity index (χ1) is 14.0. The zero-order valence-electron chi connectivity index (χ0n) is 16.2. The number of rotatable bonds is 6. The number of esters is 2. The van der Waals surface area contributed by atoms with Crippen LogP contribution in [0.3, 0.4) is 0 Å². The highest BCUT2D eigenvalue weighted by Crippen LogP contribution is 2.28. The fraction of sp³-hybridized carbons (Fsp3) is 0.174. The molecule has 6 nitrogen and oxygen atoms in total. The Labute approximate surface area is 168 Å². The van der Waals surface area contributed by atoms with Crippen molar-refractivity contribution in [3.05, 3.63) is 72.3 Å². The summed E-state index contributed by atoms with van der Waals surface area (Å²) in [4.78, 5) is 36.6. The second-order valence-electron chi connectivity index (χ2n) is 6.40. The normalized spacial score (nSPS) is 12.1. The van der Waals surface area contributed by atoms with Crippen molar-refractivity contribution in [1.29, 1.82) is 0 Å². The fourth-order valence-corrected chi connectivity index (χ4v) is 3.21. The van der Waals surface area contributed by atoms with Gasteiger partial charge in [-0.15, -0.1) is 0 Å². The minimum Gasteiger partial charge on any atom is -0.467 e. The average Bonchev–Trinajstić information content (AvgIpc) is 2.75. The number of hydrogen-bond donors (Lipinski definition) is 1. The van der Waals surface area contributed by atoms with Crippen molar-refractivity contribution in [1.82, 2.24) is 5.32 Å². The molecule has 29 heavy (non-hydrogen) atoms. The minimum atomic E-state index is -0.939. The van der Waals surface area contributed by atoms with Crippen LogP contribution in [0.5, 0.6) is 0 Å². The molecule has 0 fully saturated rings. The molecule has 0 unspecified atom stereocenters. The molecule has 0 saturated heterocycles. The van der Waals surface area contributed by atoms with E-state index in [9.17, 15) is 14.4 Å². The lowest BCUT2D eigenvalue weighted by Crippen LogP contribution is -2.41. The van der Waals surface area contributed by atoms with Crippen molar-refractivity contribution in [2.24, 2.45) is 0 Å². The fourth-order valence-electron chi connectivity index (χ4n) is 3.21. The Balaban J connectivity index is 1.99. The van der Waals surface area contributed by atoms with Crippen LogP contribution in [0, 0.1) is 0 Å². The molecule has 0 heterocycles. The van der Waals surface area contributed by atoms with Crippen LogP contribution < -0.4 is 5.32 Å². The van der Waals surface area contributed by atoms with Gasteiger partial charge in [-0.3, -0.25) is 4.79 Å². The van der Waals surface area contributed by atoms with E-state index >= 15 is 0 Å². The van der Waals surface area contributed by atoms with Gasteiger partial charge in [-0.1, -0.05) is 54.6 Å². The first-order valence-electron chi connectivity index (χ1n) is 9.09. The van der Waals surface area contributed by atoms with E-state index in [1.54, 1.807) is 0 Å². The van der Waals surface area contributed by atoms with Gasteiger partial charge in [0, 0.05) is 6.08 Å². The van der Waals surface area contributed by atoms with E-state index in [4.69, 9.17) is 4.74 Å². The molecule has 1 amide bonds. The largest absolute Gasteiger partial charge is 0.467 e. The summed E-state index contributed by atoms with van der Waals surface area (Å²) in [5.41, 5.74) is 0.490. The summed E-state index contributed by atoms with van der Waals surface area (Å²) in [6.07, 6.45) is 2.76. The highest BCUT2D eigenvalue weighted by atomic mass is 16.5. The van der Waals surface area contributed by atoms with Gasteiger partial charge < -0.3 is 14.8 Å². The lowest BCUT2D eigenvalue weighted by Gasteiger charge is -2.17. The van der Waals surface area contributed by atoms with Crippen molar-refractivity contribution >= 4 is 39.4 Å². The van der Waals surface area contributed by atoms with Crippen LogP contribution in [0.25, 0.3) is 21.5 Å². The van der Waals surface area contributed by atoms with Crippen LogP contribution in [0.2, 0.25) is 0 Å². The zero-order chi connectivity index (χ0) is 20.8. The van der Waals surface area contributed by atoms with Gasteiger partial charge in [0.05, 0.1) is 19.8 Å². The number of hydrogen-bond acceptors (Lipinski definition) is 5. The Morgan fingerprint density at radius 1 is 0.931 bits per heavy atom. The van der Waals surface area contributed by atoms with Crippen LogP contribution in [-0.2, 0) is 19.1 Å². The standard InChI is InChI=1S/C23H21NO5/c1-28-20(25)13-7-12-19(23(27)29-2)24-22(26)21-17-10-5-3-8-15(17)14-16-9-4-6-11-18(16)21/h3-11,13-14,19H,12H2,1-2H3,(H,24,26)/b13-7+/t19-/m0/s1. The van der Waals surface area contributed by atoms with Gasteiger partial charge in [0.1, 0.15) is 6.04 Å². The first kappa shape index (κ1) is 20.1. The van der Waals surface area contributed by atoms with Crippen LogP contribution in [0.1, 0.15) is 16.8 Å². The van der Waals surface area contributed by atoms with E-state index in [-0.39, 0.29) is 12.3 Å². The third kappa shape index (κ3) is 4.43. The second-order valence-corrected chi connectivity index (χ2v) is 6.40. The maximum absolute atomic E-state index is 13.2. The van der Waals surface area contributed by atoms with Crippen molar-refractivity contribution in [3.63, 3.8) is 0 Å². The molecular formula is C23H21NO5. The Morgan fingerprint density at radius 2 is 1.52 bits per heavy atom. The third-order valence-corrected chi connectivity index (χ3v) is 4.62. The van der Waals surface area contributed by atoms with Gasteiger partial charge in [-0.2, -0.15) is 0 Å². The van der Waals surface area contributed by atoms with Gasteiger partial charge in [-0.05, 0) is 34.0 Å². The van der Waals surface area contributed by atoms with Crippen LogP contribution in [0.15, 0.2) is 66.7 Å². The molecule has 0 saturated carbocycles. The highest BCUT2D eigenvalue weighted by Gasteiger charge is 2.23. The summed E-state index contributed by atoms with van der Waals surface area (Å²) in [5.74, 6) is -1.53. The Hall–Kier alpha value is -3.67. The van der Waals surface area contributed by atoms with E-state index in [0.717, 1.165) is 21.5 Å². The first-order valence-corrected chi connectivity index (χ1v) is 9.09. The predicted octanol–water partition coefficient (Wildman–Crippen LogP) is 3.38. The minimum absolute atomic E-state index is 0.0935. The number of nitrogens with one attached hydrogen (secondary N) is 1. The monoisotopic (exact) mass is 391 g/mol. The van der Waals surface area contributed by atoms with Crippen molar-refractivity contribution in [3.8, 4) is 0 Å². The second kappa shape index (κ2) is 9.01. The third-order valence-electron chi connectivity index (χ3n) is 4.62. The maximum Gasteiger partial charge on any atom is 0.330 e. The van der Waals surface area contributed by atoms with E-state index in [2.05, 4.69) is 10.1 Å². The summed E-state index contributed by atoms with van der Waals surface area (Å²) in [7, 11) is 2.51. The van der Waals surface area contributed by atoms with Crippen LogP contribution >= 0.6 is 0 Å². The molecule has 0 spiro atoms. The molecule has 6 heteroatoms. The number of ether oxygens (including phenoxy) is 2. The summed E-state index contributed by atoms with van der Waals surface area (Å²) < 4.78 is 9.34.